The molecular weight excluding hydrogens is 424 g/mol. The van der Waals surface area contributed by atoms with Crippen LogP contribution in [0.15, 0.2) is 70.9 Å². The fourth-order valence-electron chi connectivity index (χ4n) is 4.39. The van der Waals surface area contributed by atoms with Crippen molar-refractivity contribution < 1.29 is 9.53 Å². The van der Waals surface area contributed by atoms with E-state index in [1.807, 2.05) is 48.3 Å². The van der Waals surface area contributed by atoms with E-state index in [1.54, 1.807) is 13.3 Å². The lowest BCUT2D eigenvalue weighted by Crippen LogP contribution is -2.35. The molecule has 0 spiro atoms. The van der Waals surface area contributed by atoms with Gasteiger partial charge >= 0.3 is 0 Å². The number of amides is 1. The number of nitrogens with zero attached hydrogens (tertiary/aromatic N) is 3. The summed E-state index contributed by atoms with van der Waals surface area (Å²) in [6.07, 6.45) is 4.39. The molecule has 6 heteroatoms. The van der Waals surface area contributed by atoms with Crippen molar-refractivity contribution in [1.29, 1.82) is 0 Å². The molecule has 1 heterocycles. The molecule has 1 N–H and O–H groups in total. The van der Waals surface area contributed by atoms with Crippen molar-refractivity contribution in [3.05, 3.63) is 77.0 Å². The van der Waals surface area contributed by atoms with Crippen molar-refractivity contribution in [1.82, 2.24) is 10.2 Å². The van der Waals surface area contributed by atoms with Gasteiger partial charge < -0.3 is 19.9 Å². The Hall–Kier alpha value is -2.96. The Kier molecular flexibility index (Phi) is 9.86. The minimum absolute atomic E-state index is 0.000595. The third-order valence-electron chi connectivity index (χ3n) is 6.20. The van der Waals surface area contributed by atoms with Gasteiger partial charge in [0.05, 0.1) is 18.3 Å². The second kappa shape index (κ2) is 13.1. The molecule has 1 atom stereocenters. The fraction of sp³-hybridized carbons (Fsp3) is 0.429. The molecule has 0 saturated heterocycles. The summed E-state index contributed by atoms with van der Waals surface area (Å²) < 4.78 is 6.44. The molecule has 0 radical (unpaired) electrons. The molecule has 0 fully saturated rings. The van der Waals surface area contributed by atoms with Crippen LogP contribution in [-0.2, 0) is 16.1 Å². The van der Waals surface area contributed by atoms with Gasteiger partial charge in [-0.25, -0.2) is 0 Å². The van der Waals surface area contributed by atoms with Crippen LogP contribution in [0.3, 0.4) is 0 Å². The number of hydrogen-bond acceptors (Lipinski definition) is 5. The molecule has 1 aliphatic rings. The first-order valence-electron chi connectivity index (χ1n) is 12.2. The van der Waals surface area contributed by atoms with Crippen molar-refractivity contribution in [2.45, 2.75) is 38.9 Å². The second-order valence-corrected chi connectivity index (χ2v) is 8.61. The van der Waals surface area contributed by atoms with Gasteiger partial charge in [0, 0.05) is 50.3 Å². The number of allylic oxidation sites excluding steroid dienone is 1. The van der Waals surface area contributed by atoms with Crippen LogP contribution in [0.4, 0.5) is 5.69 Å². The van der Waals surface area contributed by atoms with E-state index in [0.29, 0.717) is 18.7 Å². The van der Waals surface area contributed by atoms with E-state index in [-0.39, 0.29) is 12.0 Å². The summed E-state index contributed by atoms with van der Waals surface area (Å²) in [7, 11) is 5.74. The van der Waals surface area contributed by atoms with E-state index in [1.165, 1.54) is 0 Å². The number of hydrogen-bond donors (Lipinski definition) is 1. The maximum atomic E-state index is 13.7. The van der Waals surface area contributed by atoms with Crippen LogP contribution in [0.2, 0.25) is 0 Å². The summed E-state index contributed by atoms with van der Waals surface area (Å²) >= 11 is 0. The van der Waals surface area contributed by atoms with Crippen molar-refractivity contribution in [2.75, 3.05) is 45.7 Å². The lowest BCUT2D eigenvalue weighted by molar-refractivity contribution is -0.114. The maximum Gasteiger partial charge on any atom is 0.261 e. The van der Waals surface area contributed by atoms with E-state index in [0.717, 1.165) is 54.9 Å². The number of carbonyl (C=O) groups excluding carboxylic acids is 1. The Morgan fingerprint density at radius 2 is 1.85 bits per heavy atom. The number of aliphatic imine (C=N–C) groups is 1. The van der Waals surface area contributed by atoms with Crippen molar-refractivity contribution in [3.63, 3.8) is 0 Å². The van der Waals surface area contributed by atoms with Crippen LogP contribution in [0.1, 0.15) is 43.4 Å². The van der Waals surface area contributed by atoms with Crippen LogP contribution >= 0.6 is 0 Å². The lowest BCUT2D eigenvalue weighted by atomic mass is 10.1. The quantitative estimate of drug-likeness (QED) is 0.497. The highest BCUT2D eigenvalue weighted by molar-refractivity contribution is 6.19. The molecule has 1 unspecified atom stereocenters. The molecule has 1 amide bonds. The van der Waals surface area contributed by atoms with Gasteiger partial charge in [0.1, 0.15) is 0 Å². The molecule has 2 aromatic rings. The first kappa shape index (κ1) is 25.7. The number of para-hydroxylation sites is 1. The van der Waals surface area contributed by atoms with E-state index in [2.05, 4.69) is 47.4 Å². The number of benzene rings is 2. The van der Waals surface area contributed by atoms with Gasteiger partial charge in [-0.2, -0.15) is 0 Å². The molecule has 1 aliphatic heterocycles. The topological polar surface area (TPSA) is 57.2 Å². The van der Waals surface area contributed by atoms with Crippen molar-refractivity contribution in [2.24, 2.45) is 4.99 Å². The Morgan fingerprint density at radius 1 is 1.12 bits per heavy atom. The number of carbonyl (C=O) groups is 1. The monoisotopic (exact) mass is 462 g/mol. The van der Waals surface area contributed by atoms with Crippen LogP contribution in [-0.4, -0.2) is 57.8 Å². The Morgan fingerprint density at radius 3 is 2.56 bits per heavy atom. The summed E-state index contributed by atoms with van der Waals surface area (Å²) in [5.74, 6) is 0.000595. The van der Waals surface area contributed by atoms with Gasteiger partial charge in [-0.3, -0.25) is 9.79 Å². The van der Waals surface area contributed by atoms with Gasteiger partial charge in [0.25, 0.3) is 5.91 Å². The minimum atomic E-state index is -0.0217. The molecule has 3 rings (SSSR count). The van der Waals surface area contributed by atoms with Crippen molar-refractivity contribution in [3.8, 4) is 0 Å². The van der Waals surface area contributed by atoms with Gasteiger partial charge in [-0.1, -0.05) is 61.9 Å². The van der Waals surface area contributed by atoms with Gasteiger partial charge in [0.15, 0.2) is 0 Å². The normalized spacial score (nSPS) is 15.8. The zero-order valence-corrected chi connectivity index (χ0v) is 21.0. The highest BCUT2D eigenvalue weighted by Gasteiger charge is 2.28. The largest absolute Gasteiger partial charge is 0.375 e. The van der Waals surface area contributed by atoms with Crippen molar-refractivity contribution >= 4 is 17.8 Å². The summed E-state index contributed by atoms with van der Waals surface area (Å²) in [6, 6.07) is 18.4. The summed E-state index contributed by atoms with van der Waals surface area (Å²) in [6.45, 7) is 4.82. The lowest BCUT2D eigenvalue weighted by Gasteiger charge is -2.26. The van der Waals surface area contributed by atoms with Crippen LogP contribution in [0, 0.1) is 0 Å². The molecule has 0 saturated carbocycles. The zero-order valence-electron chi connectivity index (χ0n) is 21.0. The Bertz CT molecular complexity index is 987. The third kappa shape index (κ3) is 6.33. The summed E-state index contributed by atoms with van der Waals surface area (Å²) in [5.41, 5.74) is 4.81. The highest BCUT2D eigenvalue weighted by Crippen LogP contribution is 2.29. The van der Waals surface area contributed by atoms with Gasteiger partial charge in [0.2, 0.25) is 0 Å². The number of ether oxygens (including phenoxy) is 1. The molecule has 0 aliphatic carbocycles. The molecule has 0 bridgehead atoms. The van der Waals surface area contributed by atoms with E-state index < -0.39 is 0 Å². The maximum absolute atomic E-state index is 13.7. The zero-order chi connectivity index (χ0) is 24.3. The molecule has 6 nitrogen and oxygen atoms in total. The molecule has 0 aromatic heterocycles. The fourth-order valence-corrected chi connectivity index (χ4v) is 4.39. The number of rotatable bonds is 11. The Balaban J connectivity index is 1.88. The molecule has 34 heavy (non-hydrogen) atoms. The van der Waals surface area contributed by atoms with E-state index in [9.17, 15) is 4.79 Å². The average molecular weight is 463 g/mol. The number of nitrogens with one attached hydrogen (secondary N) is 1. The average Bonchev–Trinajstić information content (AvgIpc) is 2.97. The highest BCUT2D eigenvalue weighted by atomic mass is 16.5. The van der Waals surface area contributed by atoms with Gasteiger partial charge in [-0.15, -0.1) is 0 Å². The summed E-state index contributed by atoms with van der Waals surface area (Å²) in [5, 5.41) is 3.22. The van der Waals surface area contributed by atoms with E-state index >= 15 is 0 Å². The van der Waals surface area contributed by atoms with Gasteiger partial charge in [-0.05, 0) is 38.1 Å². The summed E-state index contributed by atoms with van der Waals surface area (Å²) in [4.78, 5) is 22.0. The second-order valence-electron chi connectivity index (χ2n) is 8.61. The SMILES string of the molecule is CCCC1=C(C=NC)C(=O)N(c2ccccc2COC(CCNC)c2ccccc2)CCN1C. The van der Waals surface area contributed by atoms with Crippen LogP contribution in [0.5, 0.6) is 0 Å². The standard InChI is InChI=1S/C28H38N4O2/c1-5-11-26-24(20-30-3)28(33)32(19-18-31(26)4)25-15-10-9-14-23(25)21-34-27(16-17-29-2)22-12-7-6-8-13-22/h6-10,12-15,20,27,29H,5,11,16-19,21H2,1-4H3. The first-order valence-corrected chi connectivity index (χ1v) is 12.2. The van der Waals surface area contributed by atoms with Crippen LogP contribution in [0.25, 0.3) is 0 Å². The Labute approximate surface area is 204 Å². The minimum Gasteiger partial charge on any atom is -0.375 e. The smallest absolute Gasteiger partial charge is 0.261 e. The predicted molar refractivity (Wildman–Crippen MR) is 140 cm³/mol. The number of likely N-dealkylation sites (N-methyl/N-ethyl adjacent to an activating group) is 1. The molecule has 2 aromatic carbocycles. The van der Waals surface area contributed by atoms with E-state index in [4.69, 9.17) is 4.74 Å². The first-order chi connectivity index (χ1) is 16.6. The molecule has 182 valence electrons. The predicted octanol–water partition coefficient (Wildman–Crippen LogP) is 4.59. The molecular formula is C28H38N4O2. The van der Waals surface area contributed by atoms with Crippen LogP contribution < -0.4 is 10.2 Å². The third-order valence-corrected chi connectivity index (χ3v) is 6.20. The number of anilines is 1.